The largest absolute Gasteiger partial charge is 0.280 e. The molecule has 0 aliphatic heterocycles. The zero-order chi connectivity index (χ0) is 5.28. The van der Waals surface area contributed by atoms with Gasteiger partial charge in [0.15, 0.2) is 0 Å². The molecule has 0 aromatic carbocycles. The topological polar surface area (TPSA) is 31.6 Å². The van der Waals surface area contributed by atoms with Gasteiger partial charge in [-0.1, -0.05) is 24.4 Å². The van der Waals surface area contributed by atoms with Gasteiger partial charge in [-0.3, -0.25) is 9.59 Å². The van der Waals surface area contributed by atoms with Gasteiger partial charge in [-0.15, -0.1) is 0 Å². The second-order valence-corrected chi connectivity index (χ2v) is 2.84. The molecule has 0 unspecified atom stereocenters. The molecule has 5 heteroatoms. The second-order valence-electron chi connectivity index (χ2n) is 0.946. The predicted molar refractivity (Wildman–Crippen MR) is 34.7 cm³/mol. The van der Waals surface area contributed by atoms with E-state index in [0.717, 1.165) is 3.82 Å². The Labute approximate surface area is 54.3 Å². The van der Waals surface area contributed by atoms with Crippen LogP contribution in [-0.2, 0) is 0 Å². The average molecular weight is 150 g/mol. The molecule has 1 aromatic heterocycles. The van der Waals surface area contributed by atoms with Crippen LogP contribution in [0, 0.1) is 8.46 Å². The van der Waals surface area contributed by atoms with E-state index in [1.807, 2.05) is 0 Å². The molecule has 0 fully saturated rings. The van der Waals surface area contributed by atoms with Crippen LogP contribution in [0.25, 0.3) is 0 Å². The monoisotopic (exact) mass is 150 g/mol. The van der Waals surface area contributed by atoms with E-state index in [0.29, 0.717) is 4.64 Å². The summed E-state index contributed by atoms with van der Waals surface area (Å²) in [6.07, 6.45) is 0. The van der Waals surface area contributed by atoms with Gasteiger partial charge in [0.25, 0.3) is 0 Å². The Morgan fingerprint density at radius 1 is 1.43 bits per heavy atom. The van der Waals surface area contributed by atoms with Gasteiger partial charge in [-0.2, -0.15) is 0 Å². The first-order valence-corrected chi connectivity index (χ1v) is 3.20. The number of H-pyrrole nitrogens is 2. The van der Waals surface area contributed by atoms with Crippen LogP contribution in [0.5, 0.6) is 0 Å². The van der Waals surface area contributed by atoms with Crippen molar-refractivity contribution < 1.29 is 0 Å². The van der Waals surface area contributed by atoms with Crippen LogP contribution in [0.15, 0.2) is 0 Å². The number of hydrogen-bond donors (Lipinski definition) is 2. The van der Waals surface area contributed by atoms with Gasteiger partial charge < -0.3 is 0 Å². The van der Waals surface area contributed by atoms with Crippen LogP contribution in [0.3, 0.4) is 0 Å². The molecule has 0 bridgehead atoms. The maximum absolute atomic E-state index is 4.74. The van der Waals surface area contributed by atoms with Crippen molar-refractivity contribution in [3.8, 4) is 0 Å². The molecule has 0 aliphatic rings. The van der Waals surface area contributed by atoms with E-state index in [9.17, 15) is 0 Å². The minimum Gasteiger partial charge on any atom is -0.280 e. The predicted octanol–water partition coefficient (Wildman–Crippen LogP) is 1.86. The molecule has 2 N–H and O–H groups in total. The van der Waals surface area contributed by atoms with E-state index in [1.165, 1.54) is 11.5 Å². The molecule has 1 rings (SSSR count). The van der Waals surface area contributed by atoms with Crippen LogP contribution in [-0.4, -0.2) is 9.59 Å². The summed E-state index contributed by atoms with van der Waals surface area (Å²) in [5.74, 6) is 0. The molecule has 0 aliphatic carbocycles. The maximum atomic E-state index is 4.74. The lowest BCUT2D eigenvalue weighted by Gasteiger charge is -1.56. The third-order valence-electron chi connectivity index (χ3n) is 0.494. The van der Waals surface area contributed by atoms with Crippen molar-refractivity contribution in [2.75, 3.05) is 0 Å². The highest BCUT2D eigenvalue weighted by atomic mass is 32.2. The van der Waals surface area contributed by atoms with Crippen LogP contribution in [0.1, 0.15) is 0 Å². The lowest BCUT2D eigenvalue weighted by atomic mass is 11.0. The van der Waals surface area contributed by atoms with Gasteiger partial charge in [-0.25, -0.2) is 0 Å². The summed E-state index contributed by atoms with van der Waals surface area (Å²) in [5, 5.41) is 2.67. The molecule has 2 nitrogen and oxygen atoms in total. The van der Waals surface area contributed by atoms with Gasteiger partial charge in [0, 0.05) is 0 Å². The van der Waals surface area contributed by atoms with Crippen LogP contribution < -0.4 is 0 Å². The molecular weight excluding hydrogens is 148 g/mol. The highest BCUT2D eigenvalue weighted by molar-refractivity contribution is 7.75. The highest BCUT2D eigenvalue weighted by Gasteiger charge is 1.77. The number of nitrogens with one attached hydrogen (secondary N) is 2. The van der Waals surface area contributed by atoms with Crippen LogP contribution in [0.2, 0.25) is 0 Å². The Bertz CT molecular complexity index is 215. The molecule has 0 saturated heterocycles. The zero-order valence-electron chi connectivity index (χ0n) is 3.22. The Hall–Kier alpha value is -0.0000000000000000555. The quantitative estimate of drug-likeness (QED) is 0.553. The summed E-state index contributed by atoms with van der Waals surface area (Å²) < 4.78 is 4.05. The van der Waals surface area contributed by atoms with Crippen molar-refractivity contribution >= 4 is 36.0 Å². The fourth-order valence-electron chi connectivity index (χ4n) is 0.216. The van der Waals surface area contributed by atoms with Crippen molar-refractivity contribution in [1.82, 2.24) is 9.59 Å². The van der Waals surface area contributed by atoms with Crippen molar-refractivity contribution in [2.45, 2.75) is 0 Å². The third-order valence-corrected chi connectivity index (χ3v) is 2.11. The summed E-state index contributed by atoms with van der Waals surface area (Å²) in [5.41, 5.74) is 0. The summed E-state index contributed by atoms with van der Waals surface area (Å²) in [6, 6.07) is 0. The van der Waals surface area contributed by atoms with Crippen molar-refractivity contribution in [2.24, 2.45) is 0 Å². The fourth-order valence-corrected chi connectivity index (χ4v) is 1.02. The smallest absolute Gasteiger partial charge is 0.148 e. The third kappa shape index (κ3) is 0.960. The summed E-state index contributed by atoms with van der Waals surface area (Å²) in [6.45, 7) is 0. The van der Waals surface area contributed by atoms with Gasteiger partial charge in [0.1, 0.15) is 8.46 Å². The Morgan fingerprint density at radius 3 is 2.29 bits per heavy atom. The minimum atomic E-state index is 0.625. The lowest BCUT2D eigenvalue weighted by molar-refractivity contribution is 1.14. The van der Waals surface area contributed by atoms with Crippen molar-refractivity contribution in [3.05, 3.63) is 8.46 Å². The van der Waals surface area contributed by atoms with Gasteiger partial charge >= 0.3 is 0 Å². The van der Waals surface area contributed by atoms with Gasteiger partial charge in [-0.05, 0) is 11.5 Å². The van der Waals surface area contributed by atoms with E-state index in [-0.39, 0.29) is 0 Å². The molecule has 0 spiro atoms. The highest BCUT2D eigenvalue weighted by Crippen LogP contribution is 1.93. The standard InChI is InChI=1S/C2H2N2S3/c5-1-2(6)7-4-3-1/h4H,(H,3,5). The Morgan fingerprint density at radius 2 is 2.14 bits per heavy atom. The first-order valence-electron chi connectivity index (χ1n) is 1.57. The molecule has 1 aromatic rings. The van der Waals surface area contributed by atoms with E-state index < -0.39 is 0 Å². The second kappa shape index (κ2) is 1.85. The van der Waals surface area contributed by atoms with E-state index in [1.54, 1.807) is 0 Å². The van der Waals surface area contributed by atoms with E-state index in [2.05, 4.69) is 9.59 Å². The molecule has 1 heterocycles. The molecule has 0 amide bonds. The van der Waals surface area contributed by atoms with Gasteiger partial charge in [0.05, 0.1) is 0 Å². The molecule has 7 heavy (non-hydrogen) atoms. The lowest BCUT2D eigenvalue weighted by Crippen LogP contribution is -1.57. The van der Waals surface area contributed by atoms with E-state index in [4.69, 9.17) is 24.4 Å². The SMILES string of the molecule is S=c1[nH][nH]sc1=S. The number of hydrogen-bond acceptors (Lipinski definition) is 3. The molecular formula is C2H2N2S3. The van der Waals surface area contributed by atoms with Crippen LogP contribution >= 0.6 is 36.0 Å². The molecule has 0 atom stereocenters. The Balaban J connectivity index is 3.71. The summed E-state index contributed by atoms with van der Waals surface area (Å²) in [7, 11) is 0. The first-order chi connectivity index (χ1) is 3.30. The van der Waals surface area contributed by atoms with Crippen molar-refractivity contribution in [3.63, 3.8) is 0 Å². The Kier molecular flexibility index (Phi) is 1.36. The summed E-state index contributed by atoms with van der Waals surface area (Å²) in [4.78, 5) is 0. The summed E-state index contributed by atoms with van der Waals surface area (Å²) >= 11 is 10.8. The van der Waals surface area contributed by atoms with Crippen molar-refractivity contribution in [1.29, 1.82) is 0 Å². The van der Waals surface area contributed by atoms with E-state index >= 15 is 0 Å². The molecule has 38 valence electrons. The number of aromatic amines is 2. The molecule has 0 radical (unpaired) electrons. The normalized spacial score (nSPS) is 9.14. The molecule has 0 saturated carbocycles. The van der Waals surface area contributed by atoms with Crippen LogP contribution in [0.4, 0.5) is 0 Å². The maximum Gasteiger partial charge on any atom is 0.148 e. The average Bonchev–Trinajstić information content (AvgIpc) is 1.91. The fraction of sp³-hybridized carbons (Fsp3) is 0. The van der Waals surface area contributed by atoms with Gasteiger partial charge in [0.2, 0.25) is 0 Å². The number of aromatic nitrogens is 2. The first kappa shape index (κ1) is 5.14. The minimum absolute atomic E-state index is 0.625. The zero-order valence-corrected chi connectivity index (χ0v) is 5.67. The number of rotatable bonds is 0.